The molecule has 1 unspecified atom stereocenters. The fourth-order valence-electron chi connectivity index (χ4n) is 4.30. The molecule has 2 fully saturated rings. The first-order chi connectivity index (χ1) is 14.2. The van der Waals surface area contributed by atoms with Gasteiger partial charge in [-0.2, -0.15) is 0 Å². The number of aromatic nitrogens is 1. The molecule has 8 nitrogen and oxygen atoms in total. The van der Waals surface area contributed by atoms with Gasteiger partial charge in [0.25, 0.3) is 5.56 Å². The predicted octanol–water partition coefficient (Wildman–Crippen LogP) is 1.36. The molecule has 1 aliphatic carbocycles. The summed E-state index contributed by atoms with van der Waals surface area (Å²) in [6.45, 7) is 4.35. The quantitative estimate of drug-likeness (QED) is 0.678. The highest BCUT2D eigenvalue weighted by atomic mass is 19.1. The van der Waals surface area contributed by atoms with Gasteiger partial charge >= 0.3 is 5.97 Å². The fourth-order valence-corrected chi connectivity index (χ4v) is 4.30. The van der Waals surface area contributed by atoms with Crippen LogP contribution >= 0.6 is 0 Å². The van der Waals surface area contributed by atoms with Crippen LogP contribution in [-0.4, -0.2) is 46.6 Å². The predicted molar refractivity (Wildman–Crippen MR) is 110 cm³/mol. The highest BCUT2D eigenvalue weighted by Crippen LogP contribution is 2.44. The van der Waals surface area contributed by atoms with E-state index in [1.54, 1.807) is 13.8 Å². The van der Waals surface area contributed by atoms with Crippen molar-refractivity contribution < 1.29 is 19.1 Å². The minimum atomic E-state index is -1.31. The molecule has 2 aromatic rings. The number of nitrogens with zero attached hydrogens (tertiary/aromatic N) is 2. The lowest BCUT2D eigenvalue weighted by molar-refractivity contribution is -0.122. The number of pyridine rings is 2. The zero-order valence-corrected chi connectivity index (χ0v) is 16.9. The van der Waals surface area contributed by atoms with Crippen molar-refractivity contribution in [2.24, 2.45) is 5.73 Å². The number of amides is 1. The highest BCUT2D eigenvalue weighted by Gasteiger charge is 2.32. The molecule has 1 amide bonds. The lowest BCUT2D eigenvalue weighted by atomic mass is 10.0. The van der Waals surface area contributed by atoms with E-state index in [-0.39, 0.29) is 23.4 Å². The smallest absolute Gasteiger partial charge is 0.341 e. The number of carboxylic acid groups (broad SMARTS) is 1. The molecule has 4 N–H and O–H groups in total. The Morgan fingerprint density at radius 2 is 2.03 bits per heavy atom. The second-order valence-electron chi connectivity index (χ2n) is 8.30. The van der Waals surface area contributed by atoms with Crippen LogP contribution in [0.1, 0.15) is 53.6 Å². The van der Waals surface area contributed by atoms with Crippen molar-refractivity contribution in [3.8, 4) is 0 Å². The lowest BCUT2D eigenvalue weighted by Crippen LogP contribution is -2.45. The van der Waals surface area contributed by atoms with Crippen molar-refractivity contribution in [3.05, 3.63) is 45.1 Å². The molecular formula is C21H25FN4O4. The van der Waals surface area contributed by atoms with Crippen LogP contribution in [0.4, 0.5) is 10.1 Å². The van der Waals surface area contributed by atoms with E-state index in [1.165, 1.54) is 6.07 Å². The van der Waals surface area contributed by atoms with Crippen LogP contribution in [0.3, 0.4) is 0 Å². The SMILES string of the molecule is Cc1c(N2CCC(NC(=O)[C@H](C)N)C2)c(F)cn2c(=O)c(C(=O)O)cc(C3CC3)c12. The van der Waals surface area contributed by atoms with E-state index in [1.807, 2.05) is 4.90 Å². The molecule has 160 valence electrons. The number of aryl methyl sites for hydroxylation is 1. The molecule has 4 rings (SSSR count). The number of hydrogen-bond acceptors (Lipinski definition) is 5. The summed E-state index contributed by atoms with van der Waals surface area (Å²) < 4.78 is 16.3. The summed E-state index contributed by atoms with van der Waals surface area (Å²) in [6.07, 6.45) is 3.57. The Kier molecular flexibility index (Phi) is 5.01. The van der Waals surface area contributed by atoms with E-state index in [9.17, 15) is 19.5 Å². The fraction of sp³-hybridized carbons (Fsp3) is 0.476. The number of halogens is 1. The lowest BCUT2D eigenvalue weighted by Gasteiger charge is -2.24. The van der Waals surface area contributed by atoms with Crippen molar-refractivity contribution in [2.75, 3.05) is 18.0 Å². The van der Waals surface area contributed by atoms with Gasteiger partial charge in [0.2, 0.25) is 5.91 Å². The number of carbonyl (C=O) groups excluding carboxylic acids is 1. The van der Waals surface area contributed by atoms with Gasteiger partial charge < -0.3 is 21.1 Å². The van der Waals surface area contributed by atoms with E-state index < -0.39 is 23.4 Å². The monoisotopic (exact) mass is 416 g/mol. The van der Waals surface area contributed by atoms with Gasteiger partial charge in [0.05, 0.1) is 23.4 Å². The standard InChI is InChI=1S/C21H25FN4O4/c1-10-17-14(12-3-4-12)7-15(21(29)30)20(28)26(17)9-16(22)18(10)25-6-5-13(8-25)24-19(27)11(2)23/h7,9,11-13H,3-6,8,23H2,1-2H3,(H,24,27)(H,29,30)/t11-,13?/m0/s1. The van der Waals surface area contributed by atoms with Crippen molar-refractivity contribution in [1.82, 2.24) is 9.72 Å². The van der Waals surface area contributed by atoms with Crippen LogP contribution in [-0.2, 0) is 4.79 Å². The van der Waals surface area contributed by atoms with Gasteiger partial charge in [-0.1, -0.05) is 0 Å². The number of aromatic carboxylic acids is 1. The minimum absolute atomic E-state index is 0.141. The van der Waals surface area contributed by atoms with Crippen LogP contribution < -0.4 is 21.5 Å². The summed E-state index contributed by atoms with van der Waals surface area (Å²) in [6, 6.07) is 0.690. The average Bonchev–Trinajstić information content (AvgIpc) is 3.42. The second-order valence-corrected chi connectivity index (χ2v) is 8.30. The number of anilines is 1. The maximum absolute atomic E-state index is 15.2. The molecule has 0 radical (unpaired) electrons. The van der Waals surface area contributed by atoms with E-state index in [4.69, 9.17) is 5.73 Å². The Balaban J connectivity index is 1.78. The maximum atomic E-state index is 15.2. The number of nitrogens with one attached hydrogen (secondary N) is 1. The van der Waals surface area contributed by atoms with E-state index in [0.29, 0.717) is 36.3 Å². The zero-order valence-electron chi connectivity index (χ0n) is 16.9. The number of rotatable bonds is 5. The highest BCUT2D eigenvalue weighted by molar-refractivity contribution is 5.89. The van der Waals surface area contributed by atoms with Crippen LogP contribution in [0.5, 0.6) is 0 Å². The van der Waals surface area contributed by atoms with Crippen molar-refractivity contribution in [2.45, 2.75) is 51.1 Å². The Labute approximate surface area is 172 Å². The Morgan fingerprint density at radius 1 is 1.33 bits per heavy atom. The van der Waals surface area contributed by atoms with E-state index in [2.05, 4.69) is 5.32 Å². The molecule has 9 heteroatoms. The van der Waals surface area contributed by atoms with Gasteiger partial charge in [-0.25, -0.2) is 9.18 Å². The molecule has 2 aliphatic rings. The van der Waals surface area contributed by atoms with Gasteiger partial charge in [-0.3, -0.25) is 14.0 Å². The number of fused-ring (bicyclic) bond motifs is 1. The number of hydrogen-bond donors (Lipinski definition) is 3. The summed E-state index contributed by atoms with van der Waals surface area (Å²) >= 11 is 0. The third kappa shape index (κ3) is 3.43. The average molecular weight is 416 g/mol. The third-order valence-electron chi connectivity index (χ3n) is 5.95. The first-order valence-corrected chi connectivity index (χ1v) is 10.1. The molecule has 30 heavy (non-hydrogen) atoms. The molecule has 2 atom stereocenters. The van der Waals surface area contributed by atoms with Crippen LogP contribution in [0.15, 0.2) is 17.1 Å². The van der Waals surface area contributed by atoms with Crippen LogP contribution in [0.2, 0.25) is 0 Å². The number of carboxylic acids is 1. The molecule has 1 saturated carbocycles. The summed E-state index contributed by atoms with van der Waals surface area (Å²) in [4.78, 5) is 38.0. The van der Waals surface area contributed by atoms with Gasteiger partial charge in [0.15, 0.2) is 5.82 Å². The third-order valence-corrected chi connectivity index (χ3v) is 5.95. The van der Waals surface area contributed by atoms with Crippen molar-refractivity contribution in [1.29, 1.82) is 0 Å². The topological polar surface area (TPSA) is 117 Å². The Hall–Kier alpha value is -2.94. The second kappa shape index (κ2) is 7.39. The normalized spacial score (nSPS) is 19.9. The largest absolute Gasteiger partial charge is 0.477 e. The first-order valence-electron chi connectivity index (χ1n) is 10.1. The van der Waals surface area contributed by atoms with E-state index in [0.717, 1.165) is 29.0 Å². The molecule has 1 aliphatic heterocycles. The van der Waals surface area contributed by atoms with Crippen molar-refractivity contribution in [3.63, 3.8) is 0 Å². The van der Waals surface area contributed by atoms with Gasteiger partial charge in [0.1, 0.15) is 5.56 Å². The summed E-state index contributed by atoms with van der Waals surface area (Å²) in [5, 5.41) is 12.3. The van der Waals surface area contributed by atoms with Crippen LogP contribution in [0, 0.1) is 12.7 Å². The van der Waals surface area contributed by atoms with Crippen molar-refractivity contribution >= 4 is 23.1 Å². The maximum Gasteiger partial charge on any atom is 0.341 e. The summed E-state index contributed by atoms with van der Waals surface area (Å²) in [5.41, 5.74) is 6.86. The van der Waals surface area contributed by atoms with Crippen LogP contribution in [0.25, 0.3) is 5.52 Å². The molecule has 0 bridgehead atoms. The molecule has 1 saturated heterocycles. The number of carbonyl (C=O) groups is 2. The minimum Gasteiger partial charge on any atom is -0.477 e. The molecule has 0 spiro atoms. The number of nitrogens with two attached hydrogens (primary N) is 1. The van der Waals surface area contributed by atoms with Gasteiger partial charge in [-0.05, 0) is 56.2 Å². The Morgan fingerprint density at radius 3 is 2.63 bits per heavy atom. The molecule has 3 heterocycles. The van der Waals surface area contributed by atoms with Gasteiger partial charge in [-0.15, -0.1) is 0 Å². The van der Waals surface area contributed by atoms with E-state index >= 15 is 4.39 Å². The molecule has 2 aromatic heterocycles. The zero-order chi connectivity index (χ0) is 21.7. The molecular weight excluding hydrogens is 391 g/mol. The Bertz CT molecular complexity index is 1110. The molecule has 0 aromatic carbocycles. The first kappa shape index (κ1) is 20.3. The summed E-state index contributed by atoms with van der Waals surface area (Å²) in [5.74, 6) is -1.98. The van der Waals surface area contributed by atoms with Gasteiger partial charge in [0, 0.05) is 19.1 Å². The summed E-state index contributed by atoms with van der Waals surface area (Å²) in [7, 11) is 0.